The van der Waals surface area contributed by atoms with E-state index in [1.54, 1.807) is 5.92 Å². The fourth-order valence-electron chi connectivity index (χ4n) is 1.59. The van der Waals surface area contributed by atoms with Gasteiger partial charge in [0.1, 0.15) is 5.56 Å². The van der Waals surface area contributed by atoms with Gasteiger partial charge in [-0.3, -0.25) is 0 Å². The zero-order valence-electron chi connectivity index (χ0n) is 10.8. The molecular weight excluding hydrogens is 332 g/mol. The number of benzene rings is 2. The first-order valence-electron chi connectivity index (χ1n) is 5.83. The van der Waals surface area contributed by atoms with E-state index in [9.17, 15) is 35.1 Å². The molecular formula is C15H4F8. The SMILES string of the molecule is Fc1c(F)c(F)c(C#Cc2ccc(C(F)(F)F)cc2)c(F)c1F. The molecule has 0 saturated carbocycles. The minimum atomic E-state index is -4.58. The quantitative estimate of drug-likeness (QED) is 0.281. The first kappa shape index (κ1) is 16.8. The van der Waals surface area contributed by atoms with Gasteiger partial charge in [0.2, 0.25) is 5.82 Å². The highest BCUT2D eigenvalue weighted by Gasteiger charge is 2.30. The summed E-state index contributed by atoms with van der Waals surface area (Å²) in [7, 11) is 0. The van der Waals surface area contributed by atoms with Gasteiger partial charge in [0.25, 0.3) is 0 Å². The van der Waals surface area contributed by atoms with E-state index in [1.807, 2.05) is 5.92 Å². The van der Waals surface area contributed by atoms with Gasteiger partial charge in [0.05, 0.1) is 5.56 Å². The summed E-state index contributed by atoms with van der Waals surface area (Å²) in [6.07, 6.45) is -4.58. The molecule has 2 aromatic carbocycles. The highest BCUT2D eigenvalue weighted by Crippen LogP contribution is 2.29. The predicted octanol–water partition coefficient (Wildman–Crippen LogP) is 4.80. The van der Waals surface area contributed by atoms with Crippen LogP contribution in [-0.4, -0.2) is 0 Å². The first-order chi connectivity index (χ1) is 10.6. The van der Waals surface area contributed by atoms with Crippen LogP contribution in [0, 0.1) is 40.9 Å². The van der Waals surface area contributed by atoms with Gasteiger partial charge in [-0.2, -0.15) is 13.2 Å². The molecule has 0 unspecified atom stereocenters. The number of halogens is 8. The Bertz CT molecular complexity index is 778. The molecule has 0 amide bonds. The summed E-state index contributed by atoms with van der Waals surface area (Å²) in [6.45, 7) is 0. The van der Waals surface area contributed by atoms with Crippen molar-refractivity contribution in [1.82, 2.24) is 0 Å². The maximum absolute atomic E-state index is 13.4. The van der Waals surface area contributed by atoms with Crippen LogP contribution in [0.15, 0.2) is 24.3 Å². The summed E-state index contributed by atoms with van der Waals surface area (Å²) in [4.78, 5) is 0. The fourth-order valence-corrected chi connectivity index (χ4v) is 1.59. The zero-order valence-corrected chi connectivity index (χ0v) is 10.8. The molecule has 0 radical (unpaired) electrons. The van der Waals surface area contributed by atoms with E-state index in [1.165, 1.54) is 0 Å². The van der Waals surface area contributed by atoms with Crippen molar-refractivity contribution in [2.24, 2.45) is 0 Å². The lowest BCUT2D eigenvalue weighted by Gasteiger charge is -2.05. The van der Waals surface area contributed by atoms with E-state index in [4.69, 9.17) is 0 Å². The summed E-state index contributed by atoms with van der Waals surface area (Å²) in [5, 5.41) is 0. The van der Waals surface area contributed by atoms with E-state index >= 15 is 0 Å². The van der Waals surface area contributed by atoms with Gasteiger partial charge in [-0.15, -0.1) is 0 Å². The van der Waals surface area contributed by atoms with E-state index in [-0.39, 0.29) is 5.56 Å². The lowest BCUT2D eigenvalue weighted by molar-refractivity contribution is -0.137. The number of hydrogen-bond acceptors (Lipinski definition) is 0. The van der Waals surface area contributed by atoms with Gasteiger partial charge in [0.15, 0.2) is 23.3 Å². The van der Waals surface area contributed by atoms with Gasteiger partial charge in [-0.1, -0.05) is 11.8 Å². The fraction of sp³-hybridized carbons (Fsp3) is 0.0667. The van der Waals surface area contributed by atoms with E-state index in [0.29, 0.717) is 12.1 Å². The maximum Gasteiger partial charge on any atom is 0.416 e. The second kappa shape index (κ2) is 5.91. The molecule has 2 aromatic rings. The van der Waals surface area contributed by atoms with Crippen LogP contribution < -0.4 is 0 Å². The van der Waals surface area contributed by atoms with Crippen molar-refractivity contribution < 1.29 is 35.1 Å². The van der Waals surface area contributed by atoms with Crippen molar-refractivity contribution in [2.75, 3.05) is 0 Å². The van der Waals surface area contributed by atoms with Crippen molar-refractivity contribution in [3.8, 4) is 11.8 Å². The third-order valence-electron chi connectivity index (χ3n) is 2.75. The maximum atomic E-state index is 13.4. The highest BCUT2D eigenvalue weighted by atomic mass is 19.4. The molecule has 0 atom stereocenters. The first-order valence-corrected chi connectivity index (χ1v) is 5.83. The summed E-state index contributed by atoms with van der Waals surface area (Å²) in [6, 6.07) is 3.15. The molecule has 0 aromatic heterocycles. The van der Waals surface area contributed by atoms with Gasteiger partial charge >= 0.3 is 6.18 Å². The summed E-state index contributed by atoms with van der Waals surface area (Å²) in [5.74, 6) is -7.07. The average molecular weight is 336 g/mol. The predicted molar refractivity (Wildman–Crippen MR) is 63.7 cm³/mol. The Morgan fingerprint density at radius 1 is 0.609 bits per heavy atom. The molecule has 0 nitrogen and oxygen atoms in total. The highest BCUT2D eigenvalue weighted by molar-refractivity contribution is 5.45. The van der Waals surface area contributed by atoms with Crippen LogP contribution >= 0.6 is 0 Å². The topological polar surface area (TPSA) is 0 Å². The van der Waals surface area contributed by atoms with Crippen LogP contribution in [0.3, 0.4) is 0 Å². The van der Waals surface area contributed by atoms with Crippen LogP contribution in [0.25, 0.3) is 0 Å². The van der Waals surface area contributed by atoms with Crippen LogP contribution in [0.1, 0.15) is 16.7 Å². The van der Waals surface area contributed by atoms with E-state index < -0.39 is 46.4 Å². The number of alkyl halides is 3. The largest absolute Gasteiger partial charge is 0.416 e. The molecule has 120 valence electrons. The van der Waals surface area contributed by atoms with Crippen molar-refractivity contribution in [3.63, 3.8) is 0 Å². The van der Waals surface area contributed by atoms with Gasteiger partial charge in [0, 0.05) is 5.56 Å². The summed E-state index contributed by atoms with van der Waals surface area (Å²) < 4.78 is 103. The second-order valence-corrected chi connectivity index (χ2v) is 4.27. The minimum Gasteiger partial charge on any atom is -0.202 e. The molecule has 0 bridgehead atoms. The smallest absolute Gasteiger partial charge is 0.202 e. The lowest BCUT2D eigenvalue weighted by atomic mass is 10.1. The molecule has 2 rings (SSSR count). The van der Waals surface area contributed by atoms with Gasteiger partial charge < -0.3 is 0 Å². The van der Waals surface area contributed by atoms with Crippen molar-refractivity contribution >= 4 is 0 Å². The third kappa shape index (κ3) is 3.28. The lowest BCUT2D eigenvalue weighted by Crippen LogP contribution is -2.05. The van der Waals surface area contributed by atoms with Crippen molar-refractivity contribution in [1.29, 1.82) is 0 Å². The Morgan fingerprint density at radius 3 is 1.48 bits per heavy atom. The molecule has 0 aliphatic rings. The van der Waals surface area contributed by atoms with Crippen LogP contribution in [0.4, 0.5) is 35.1 Å². The zero-order chi connectivity index (χ0) is 17.4. The minimum absolute atomic E-state index is 0.0954. The molecule has 0 spiro atoms. The molecule has 0 N–H and O–H groups in total. The van der Waals surface area contributed by atoms with Crippen LogP contribution in [0.2, 0.25) is 0 Å². The molecule has 0 aliphatic heterocycles. The Hall–Kier alpha value is -2.56. The van der Waals surface area contributed by atoms with Crippen LogP contribution in [0.5, 0.6) is 0 Å². The normalized spacial score (nSPS) is 11.1. The van der Waals surface area contributed by atoms with E-state index in [2.05, 4.69) is 0 Å². The molecule has 0 heterocycles. The Morgan fingerprint density at radius 2 is 1.04 bits per heavy atom. The van der Waals surface area contributed by atoms with Crippen molar-refractivity contribution in [3.05, 3.63) is 70.0 Å². The Kier molecular flexibility index (Phi) is 4.32. The molecule has 0 fully saturated rings. The monoisotopic (exact) mass is 336 g/mol. The van der Waals surface area contributed by atoms with Crippen LogP contribution in [-0.2, 0) is 6.18 Å². The van der Waals surface area contributed by atoms with Gasteiger partial charge in [-0.05, 0) is 24.3 Å². The molecule has 8 heteroatoms. The molecule has 0 aliphatic carbocycles. The molecule has 23 heavy (non-hydrogen) atoms. The third-order valence-corrected chi connectivity index (χ3v) is 2.75. The second-order valence-electron chi connectivity index (χ2n) is 4.27. The molecule has 0 saturated heterocycles. The van der Waals surface area contributed by atoms with E-state index in [0.717, 1.165) is 12.1 Å². The summed E-state index contributed by atoms with van der Waals surface area (Å²) >= 11 is 0. The Labute approximate surface area is 124 Å². The Balaban J connectivity index is 2.44. The van der Waals surface area contributed by atoms with Crippen molar-refractivity contribution in [2.45, 2.75) is 6.18 Å². The summed E-state index contributed by atoms with van der Waals surface area (Å²) in [5.41, 5.74) is -2.43. The standard InChI is InChI=1S/C15H4F8/c16-10-9(11(17)13(19)14(20)12(10)18)6-3-7-1-4-8(5-2-7)15(21,22)23/h1-2,4-5H. The number of rotatable bonds is 0. The number of hydrogen-bond donors (Lipinski definition) is 0. The van der Waals surface area contributed by atoms with Gasteiger partial charge in [-0.25, -0.2) is 22.0 Å². The average Bonchev–Trinajstić information content (AvgIpc) is 2.50.